The van der Waals surface area contributed by atoms with Gasteiger partial charge >= 0.3 is 11.9 Å². The maximum absolute atomic E-state index is 12.4. The van der Waals surface area contributed by atoms with Crippen molar-refractivity contribution in [3.63, 3.8) is 0 Å². The van der Waals surface area contributed by atoms with Gasteiger partial charge in [0.25, 0.3) is 0 Å². The Morgan fingerprint density at radius 2 is 2.00 bits per heavy atom. The third kappa shape index (κ3) is 3.48. The smallest absolute Gasteiger partial charge is 0.350 e. The molecule has 146 valence electrons. The molecule has 6 heteroatoms. The van der Waals surface area contributed by atoms with Gasteiger partial charge in [0, 0.05) is 0 Å². The van der Waals surface area contributed by atoms with Crippen molar-refractivity contribution in [2.75, 3.05) is 6.61 Å². The summed E-state index contributed by atoms with van der Waals surface area (Å²) in [6.07, 6.45) is 1.65. The fourth-order valence-corrected chi connectivity index (χ4v) is 4.49. The van der Waals surface area contributed by atoms with Crippen LogP contribution in [0.2, 0.25) is 0 Å². The van der Waals surface area contributed by atoms with Crippen LogP contribution < -0.4 is 0 Å². The van der Waals surface area contributed by atoms with E-state index < -0.39 is 30.3 Å². The van der Waals surface area contributed by atoms with Crippen molar-refractivity contribution in [1.29, 1.82) is 0 Å². The van der Waals surface area contributed by atoms with Gasteiger partial charge in [0.15, 0.2) is 0 Å². The number of hydrogen-bond acceptors (Lipinski definition) is 6. The molecule has 0 amide bonds. The predicted octanol–water partition coefficient (Wildman–Crippen LogP) is 3.20. The van der Waals surface area contributed by atoms with Crippen molar-refractivity contribution in [3.8, 4) is 0 Å². The van der Waals surface area contributed by atoms with Gasteiger partial charge in [-0.3, -0.25) is 0 Å². The second-order valence-electron chi connectivity index (χ2n) is 8.06. The van der Waals surface area contributed by atoms with E-state index >= 15 is 0 Å². The lowest BCUT2D eigenvalue weighted by Gasteiger charge is -2.38. The summed E-state index contributed by atoms with van der Waals surface area (Å²) in [5.74, 6) is 0.437. The zero-order valence-corrected chi connectivity index (χ0v) is 16.3. The van der Waals surface area contributed by atoms with E-state index in [0.717, 1.165) is 12.8 Å². The minimum Gasteiger partial charge on any atom is -0.482 e. The van der Waals surface area contributed by atoms with Crippen molar-refractivity contribution >= 4 is 11.9 Å². The van der Waals surface area contributed by atoms with Gasteiger partial charge in [0.05, 0.1) is 18.3 Å². The number of rotatable bonds is 5. The largest absolute Gasteiger partial charge is 0.482 e. The summed E-state index contributed by atoms with van der Waals surface area (Å²) >= 11 is 0. The van der Waals surface area contributed by atoms with Gasteiger partial charge in [0.2, 0.25) is 12.4 Å². The van der Waals surface area contributed by atoms with Crippen LogP contribution in [0.4, 0.5) is 0 Å². The van der Waals surface area contributed by atoms with E-state index in [1.165, 1.54) is 6.42 Å². The molecule has 0 N–H and O–H groups in total. The summed E-state index contributed by atoms with van der Waals surface area (Å²) in [6.45, 7) is 10.3. The van der Waals surface area contributed by atoms with Gasteiger partial charge in [0.1, 0.15) is 11.7 Å². The molecule has 0 aromatic carbocycles. The molecule has 0 spiro atoms. The summed E-state index contributed by atoms with van der Waals surface area (Å²) in [5.41, 5.74) is 0.373. The average Bonchev–Trinajstić information content (AvgIpc) is 3.04. The Bertz CT molecular complexity index is 595. The van der Waals surface area contributed by atoms with Gasteiger partial charge in [-0.25, -0.2) is 9.59 Å². The average molecular weight is 366 g/mol. The second kappa shape index (κ2) is 7.59. The highest BCUT2D eigenvalue weighted by Gasteiger charge is 2.56. The van der Waals surface area contributed by atoms with E-state index in [9.17, 15) is 9.59 Å². The number of hydrogen-bond donors (Lipinski definition) is 0. The van der Waals surface area contributed by atoms with Crippen LogP contribution in [-0.4, -0.2) is 37.0 Å². The first-order valence-electron chi connectivity index (χ1n) is 9.73. The first-order chi connectivity index (χ1) is 12.3. The van der Waals surface area contributed by atoms with Gasteiger partial charge in [-0.15, -0.1) is 0 Å². The van der Waals surface area contributed by atoms with E-state index in [1.807, 2.05) is 0 Å². The normalized spacial score (nSPS) is 36.8. The summed E-state index contributed by atoms with van der Waals surface area (Å²) < 4.78 is 22.6. The highest BCUT2D eigenvalue weighted by atomic mass is 16.7. The van der Waals surface area contributed by atoms with Crippen LogP contribution in [0.5, 0.6) is 0 Å². The zero-order chi connectivity index (χ0) is 19.0. The van der Waals surface area contributed by atoms with Crippen molar-refractivity contribution in [3.05, 3.63) is 11.3 Å². The molecule has 0 unspecified atom stereocenters. The van der Waals surface area contributed by atoms with Crippen molar-refractivity contribution in [2.24, 2.45) is 23.7 Å². The standard InChI is InChI=1S/C20H30O6/c1-6-23-18(21)15-12(5)24-17-16(15)20(26-19(17)22)25-14-9-11(4)7-8-13(14)10(2)3/h10-11,13-14,16-17,20H,6-9H2,1-5H3/t11-,13+,14-,16-,17+,20-/m1/s1. The van der Waals surface area contributed by atoms with Crippen molar-refractivity contribution in [2.45, 2.75) is 72.4 Å². The van der Waals surface area contributed by atoms with Crippen LogP contribution in [-0.2, 0) is 28.5 Å². The number of allylic oxidation sites excluding steroid dienone is 1. The lowest BCUT2D eigenvalue weighted by atomic mass is 9.75. The predicted molar refractivity (Wildman–Crippen MR) is 93.8 cm³/mol. The minimum atomic E-state index is -0.807. The third-order valence-electron chi connectivity index (χ3n) is 5.87. The molecule has 0 bridgehead atoms. The number of carbonyl (C=O) groups is 2. The molecule has 1 aliphatic carbocycles. The van der Waals surface area contributed by atoms with Crippen LogP contribution in [0.1, 0.15) is 53.9 Å². The molecule has 1 saturated heterocycles. The maximum Gasteiger partial charge on any atom is 0.350 e. The molecule has 6 atom stereocenters. The number of cyclic esters (lactones) is 1. The van der Waals surface area contributed by atoms with Crippen LogP contribution in [0.15, 0.2) is 11.3 Å². The molecule has 0 aromatic rings. The molecule has 2 fully saturated rings. The molecule has 26 heavy (non-hydrogen) atoms. The first-order valence-corrected chi connectivity index (χ1v) is 9.73. The Hall–Kier alpha value is -1.56. The van der Waals surface area contributed by atoms with Crippen molar-refractivity contribution < 1.29 is 28.5 Å². The number of fused-ring (bicyclic) bond motifs is 1. The summed E-state index contributed by atoms with van der Waals surface area (Å²) in [5, 5.41) is 0. The Labute approximate surface area is 155 Å². The SMILES string of the molecule is CCOC(=O)C1=C(C)O[C@@H]2C(=O)O[C@@H](O[C@@H]3C[C@H](C)CC[C@H]3C(C)C)[C@H]12. The number of esters is 2. The maximum atomic E-state index is 12.4. The highest BCUT2D eigenvalue weighted by molar-refractivity contribution is 5.93. The fraction of sp³-hybridized carbons (Fsp3) is 0.800. The molecule has 1 saturated carbocycles. The van der Waals surface area contributed by atoms with Crippen LogP contribution in [0.25, 0.3) is 0 Å². The second-order valence-corrected chi connectivity index (χ2v) is 8.06. The number of carbonyl (C=O) groups excluding carboxylic acids is 2. The summed E-state index contributed by atoms with van der Waals surface area (Å²) in [7, 11) is 0. The highest BCUT2D eigenvalue weighted by Crippen LogP contribution is 2.44. The summed E-state index contributed by atoms with van der Waals surface area (Å²) in [6, 6.07) is 0. The van der Waals surface area contributed by atoms with Gasteiger partial charge in [-0.1, -0.05) is 27.2 Å². The molecule has 2 aliphatic heterocycles. The third-order valence-corrected chi connectivity index (χ3v) is 5.87. The van der Waals surface area contributed by atoms with E-state index in [-0.39, 0.29) is 12.7 Å². The Morgan fingerprint density at radius 3 is 2.65 bits per heavy atom. The van der Waals surface area contributed by atoms with Crippen LogP contribution in [0.3, 0.4) is 0 Å². The van der Waals surface area contributed by atoms with Crippen LogP contribution >= 0.6 is 0 Å². The number of ether oxygens (including phenoxy) is 4. The fourth-order valence-electron chi connectivity index (χ4n) is 4.49. The molecule has 2 heterocycles. The molecule has 6 nitrogen and oxygen atoms in total. The van der Waals surface area contributed by atoms with Crippen LogP contribution in [0, 0.1) is 23.7 Å². The quantitative estimate of drug-likeness (QED) is 0.696. The Balaban J connectivity index is 1.80. The lowest BCUT2D eigenvalue weighted by Crippen LogP contribution is -2.39. The minimum absolute atomic E-state index is 0.0136. The van der Waals surface area contributed by atoms with Gasteiger partial charge in [-0.2, -0.15) is 0 Å². The molecule has 0 radical (unpaired) electrons. The topological polar surface area (TPSA) is 71.1 Å². The van der Waals surface area contributed by atoms with Gasteiger partial charge in [-0.05, 0) is 44.4 Å². The Kier molecular flexibility index (Phi) is 5.61. The van der Waals surface area contributed by atoms with E-state index in [1.54, 1.807) is 13.8 Å². The molecule has 3 rings (SSSR count). The first kappa shape index (κ1) is 19.2. The summed E-state index contributed by atoms with van der Waals surface area (Å²) in [4.78, 5) is 24.6. The van der Waals surface area contributed by atoms with Gasteiger partial charge < -0.3 is 18.9 Å². The lowest BCUT2D eigenvalue weighted by molar-refractivity contribution is -0.194. The van der Waals surface area contributed by atoms with E-state index in [4.69, 9.17) is 18.9 Å². The Morgan fingerprint density at radius 1 is 1.27 bits per heavy atom. The molecule has 0 aromatic heterocycles. The molecule has 3 aliphatic rings. The zero-order valence-electron chi connectivity index (χ0n) is 16.3. The molecular weight excluding hydrogens is 336 g/mol. The van der Waals surface area contributed by atoms with E-state index in [0.29, 0.717) is 29.1 Å². The van der Waals surface area contributed by atoms with E-state index in [2.05, 4.69) is 20.8 Å². The molecular formula is C20H30O6. The van der Waals surface area contributed by atoms with Crippen molar-refractivity contribution in [1.82, 2.24) is 0 Å². The monoisotopic (exact) mass is 366 g/mol.